The van der Waals surface area contributed by atoms with Crippen LogP contribution in [-0.4, -0.2) is 43.7 Å². The Bertz CT molecular complexity index is 1050. The van der Waals surface area contributed by atoms with E-state index in [0.29, 0.717) is 23.4 Å². The Morgan fingerprint density at radius 2 is 1.84 bits per heavy atom. The number of H-pyrrole nitrogens is 1. The molecule has 4 rings (SSSR count). The molecule has 0 saturated heterocycles. The van der Waals surface area contributed by atoms with E-state index in [-0.39, 0.29) is 11.7 Å². The molecule has 166 valence electrons. The van der Waals surface area contributed by atoms with Crippen molar-refractivity contribution in [2.75, 3.05) is 27.7 Å². The molecule has 2 N–H and O–H groups in total. The molecular weight excluding hydrogens is 407 g/mol. The minimum atomic E-state index is -0.594. The van der Waals surface area contributed by atoms with Gasteiger partial charge in [-0.3, -0.25) is 9.63 Å². The summed E-state index contributed by atoms with van der Waals surface area (Å²) in [5.41, 5.74) is 2.83. The second-order valence-electron chi connectivity index (χ2n) is 7.46. The zero-order valence-corrected chi connectivity index (χ0v) is 17.8. The van der Waals surface area contributed by atoms with Crippen LogP contribution in [0.25, 0.3) is 22.2 Å². The third-order valence-corrected chi connectivity index (χ3v) is 5.46. The topological polar surface area (TPSA) is 57.4 Å². The minimum absolute atomic E-state index is 0.0833. The first-order valence-electron chi connectivity index (χ1n) is 10.1. The molecule has 0 unspecified atom stereocenters. The Balaban J connectivity index is 0.000000259. The fourth-order valence-electron chi connectivity index (χ4n) is 3.57. The van der Waals surface area contributed by atoms with Crippen LogP contribution in [0.2, 0.25) is 0 Å². The Morgan fingerprint density at radius 1 is 1.16 bits per heavy atom. The molecule has 8 heteroatoms. The highest BCUT2D eigenvalue weighted by Crippen LogP contribution is 2.45. The van der Waals surface area contributed by atoms with Gasteiger partial charge in [0.2, 0.25) is 0 Å². The number of rotatable bonds is 5. The molecule has 1 aliphatic rings. The van der Waals surface area contributed by atoms with Gasteiger partial charge in [0.15, 0.2) is 0 Å². The monoisotopic (exact) mass is 433 g/mol. The Morgan fingerprint density at radius 3 is 2.39 bits per heavy atom. The van der Waals surface area contributed by atoms with Crippen LogP contribution in [-0.2, 0) is 9.63 Å². The van der Waals surface area contributed by atoms with Crippen molar-refractivity contribution in [3.8, 4) is 11.3 Å². The van der Waals surface area contributed by atoms with Gasteiger partial charge in [0.25, 0.3) is 5.91 Å². The molecule has 1 saturated carbocycles. The first kappa shape index (κ1) is 22.8. The number of hydroxylamine groups is 2. The van der Waals surface area contributed by atoms with Crippen LogP contribution in [0.15, 0.2) is 36.4 Å². The van der Waals surface area contributed by atoms with E-state index in [1.807, 2.05) is 0 Å². The normalized spacial score (nSPS) is 13.5. The summed E-state index contributed by atoms with van der Waals surface area (Å²) in [6, 6.07) is 8.35. The predicted molar refractivity (Wildman–Crippen MR) is 114 cm³/mol. The van der Waals surface area contributed by atoms with Gasteiger partial charge < -0.3 is 10.3 Å². The third kappa shape index (κ3) is 5.08. The van der Waals surface area contributed by atoms with E-state index >= 15 is 0 Å². The number of hydrogen-bond acceptors (Lipinski definition) is 3. The van der Waals surface area contributed by atoms with Crippen LogP contribution in [0.1, 0.15) is 30.7 Å². The summed E-state index contributed by atoms with van der Waals surface area (Å²) in [5, 5.41) is 4.49. The molecule has 1 aromatic heterocycles. The average Bonchev–Trinajstić information content (AvgIpc) is 3.07. The zero-order chi connectivity index (χ0) is 22.5. The second-order valence-corrected chi connectivity index (χ2v) is 7.46. The standard InChI is InChI=1S/C18H14F3N.C5H12N2O2/c19-12-6-4-11(5-7-12)17-16(10-2-1-3-10)14-8-13(20)9-15(21)18(14)22-17;1-6-4-5(8)7(2)9-3/h4-10,22H,1-3H2;6H,4H2,1-3H3. The molecule has 1 fully saturated rings. The van der Waals surface area contributed by atoms with Crippen LogP contribution >= 0.6 is 0 Å². The van der Waals surface area contributed by atoms with Crippen molar-refractivity contribution in [2.45, 2.75) is 25.2 Å². The van der Waals surface area contributed by atoms with Crippen LogP contribution in [0.4, 0.5) is 13.2 Å². The smallest absolute Gasteiger partial charge is 0.259 e. The lowest BCUT2D eigenvalue weighted by molar-refractivity contribution is -0.167. The minimum Gasteiger partial charge on any atom is -0.352 e. The van der Waals surface area contributed by atoms with E-state index in [9.17, 15) is 18.0 Å². The molecule has 31 heavy (non-hydrogen) atoms. The highest BCUT2D eigenvalue weighted by atomic mass is 19.1. The van der Waals surface area contributed by atoms with Gasteiger partial charge >= 0.3 is 0 Å². The number of likely N-dealkylation sites (N-methyl/N-ethyl adjacent to an activating group) is 2. The molecule has 1 amide bonds. The molecule has 1 aliphatic carbocycles. The van der Waals surface area contributed by atoms with Gasteiger partial charge in [-0.2, -0.15) is 0 Å². The quantitative estimate of drug-likeness (QED) is 0.571. The average molecular weight is 433 g/mol. The van der Waals surface area contributed by atoms with E-state index in [0.717, 1.165) is 42.1 Å². The highest BCUT2D eigenvalue weighted by Gasteiger charge is 2.27. The number of aromatic amines is 1. The molecule has 2 aromatic carbocycles. The summed E-state index contributed by atoms with van der Waals surface area (Å²) in [7, 11) is 4.73. The fourth-order valence-corrected chi connectivity index (χ4v) is 3.57. The van der Waals surface area contributed by atoms with Gasteiger partial charge in [0, 0.05) is 18.5 Å². The van der Waals surface area contributed by atoms with Gasteiger partial charge in [-0.05, 0) is 67.3 Å². The molecule has 3 aromatic rings. The van der Waals surface area contributed by atoms with Crippen molar-refractivity contribution >= 4 is 16.8 Å². The van der Waals surface area contributed by atoms with E-state index < -0.39 is 11.6 Å². The van der Waals surface area contributed by atoms with E-state index in [2.05, 4.69) is 15.1 Å². The van der Waals surface area contributed by atoms with Crippen molar-refractivity contribution in [1.29, 1.82) is 0 Å². The lowest BCUT2D eigenvalue weighted by Crippen LogP contribution is -2.33. The van der Waals surface area contributed by atoms with Crippen LogP contribution in [0.3, 0.4) is 0 Å². The summed E-state index contributed by atoms with van der Waals surface area (Å²) in [4.78, 5) is 18.4. The number of nitrogens with one attached hydrogen (secondary N) is 2. The Kier molecular flexibility index (Phi) is 7.35. The van der Waals surface area contributed by atoms with Gasteiger partial charge in [-0.25, -0.2) is 18.2 Å². The highest BCUT2D eigenvalue weighted by molar-refractivity contribution is 5.92. The van der Waals surface area contributed by atoms with Crippen molar-refractivity contribution in [2.24, 2.45) is 0 Å². The lowest BCUT2D eigenvalue weighted by atomic mass is 9.78. The Labute approximate surface area is 179 Å². The summed E-state index contributed by atoms with van der Waals surface area (Å²) in [6.45, 7) is 0.310. The third-order valence-electron chi connectivity index (χ3n) is 5.46. The number of carbonyl (C=O) groups is 1. The number of fused-ring (bicyclic) bond motifs is 1. The maximum atomic E-state index is 14.1. The first-order valence-corrected chi connectivity index (χ1v) is 10.1. The molecule has 1 heterocycles. The summed E-state index contributed by atoms with van der Waals surface area (Å²) in [6.07, 6.45) is 3.15. The van der Waals surface area contributed by atoms with E-state index in [4.69, 9.17) is 0 Å². The van der Waals surface area contributed by atoms with Crippen molar-refractivity contribution in [3.05, 3.63) is 59.4 Å². The van der Waals surface area contributed by atoms with E-state index in [1.54, 1.807) is 26.2 Å². The summed E-state index contributed by atoms with van der Waals surface area (Å²) in [5.74, 6) is -1.27. The van der Waals surface area contributed by atoms with Gasteiger partial charge in [-0.15, -0.1) is 0 Å². The largest absolute Gasteiger partial charge is 0.352 e. The van der Waals surface area contributed by atoms with Crippen LogP contribution in [0.5, 0.6) is 0 Å². The van der Waals surface area contributed by atoms with Gasteiger partial charge in [-0.1, -0.05) is 6.42 Å². The molecular formula is C23H26F3N3O2. The number of aromatic nitrogens is 1. The SMILES string of the molecule is CNCC(=O)N(C)OC.Fc1ccc(-c2[nH]c3c(F)cc(F)cc3c2C2CCC2)cc1. The Hall–Kier alpha value is -2.84. The lowest BCUT2D eigenvalue weighted by Gasteiger charge is -2.26. The molecule has 5 nitrogen and oxygen atoms in total. The summed E-state index contributed by atoms with van der Waals surface area (Å²) >= 11 is 0. The fraction of sp³-hybridized carbons (Fsp3) is 0.348. The van der Waals surface area contributed by atoms with Crippen LogP contribution < -0.4 is 5.32 Å². The summed E-state index contributed by atoms with van der Waals surface area (Å²) < 4.78 is 40.8. The molecule has 0 bridgehead atoms. The maximum absolute atomic E-state index is 14.1. The molecule has 0 atom stereocenters. The van der Waals surface area contributed by atoms with Crippen molar-refractivity contribution < 1.29 is 22.8 Å². The van der Waals surface area contributed by atoms with Gasteiger partial charge in [0.05, 0.1) is 24.9 Å². The molecule has 0 aliphatic heterocycles. The van der Waals surface area contributed by atoms with Crippen molar-refractivity contribution in [1.82, 2.24) is 15.4 Å². The van der Waals surface area contributed by atoms with Gasteiger partial charge in [0.1, 0.15) is 17.5 Å². The zero-order valence-electron chi connectivity index (χ0n) is 17.8. The molecule has 0 spiro atoms. The number of halogens is 3. The van der Waals surface area contributed by atoms with Crippen molar-refractivity contribution in [3.63, 3.8) is 0 Å². The van der Waals surface area contributed by atoms with E-state index in [1.165, 1.54) is 30.4 Å². The number of amides is 1. The predicted octanol–water partition coefficient (Wildman–Crippen LogP) is 4.75. The number of benzene rings is 2. The first-order chi connectivity index (χ1) is 14.8. The number of hydrogen-bond donors (Lipinski definition) is 2. The number of nitrogens with zero attached hydrogens (tertiary/aromatic N) is 1. The maximum Gasteiger partial charge on any atom is 0.259 e. The van der Waals surface area contributed by atoms with Crippen LogP contribution in [0, 0.1) is 17.5 Å². The second kappa shape index (κ2) is 9.98. The number of carbonyl (C=O) groups excluding carboxylic acids is 1. The molecule has 0 radical (unpaired) electrons.